The molecule has 0 radical (unpaired) electrons. The lowest BCUT2D eigenvalue weighted by molar-refractivity contribution is 0.418. The first-order valence-electron chi connectivity index (χ1n) is 6.64. The minimum atomic E-state index is 0.188. The Hall–Kier alpha value is -0.780. The Labute approximate surface area is 109 Å². The predicted octanol–water partition coefficient (Wildman–Crippen LogP) is 5.92. The van der Waals surface area contributed by atoms with Gasteiger partial charge >= 0.3 is 0 Å². The van der Waals surface area contributed by atoms with Gasteiger partial charge in [-0.25, -0.2) is 0 Å². The molecule has 17 heavy (non-hydrogen) atoms. The average Bonchev–Trinajstić information content (AvgIpc) is 2.13. The molecule has 0 saturated carbocycles. The molecule has 0 aromatic heterocycles. The van der Waals surface area contributed by atoms with Crippen LogP contribution in [-0.4, -0.2) is 0 Å². The molecule has 0 N–H and O–H groups in total. The summed E-state index contributed by atoms with van der Waals surface area (Å²) in [6, 6.07) is 0. The van der Waals surface area contributed by atoms with Gasteiger partial charge in [-0.2, -0.15) is 0 Å². The zero-order valence-electron chi connectivity index (χ0n) is 12.9. The lowest BCUT2D eigenvalue weighted by Gasteiger charge is -2.26. The van der Waals surface area contributed by atoms with Crippen molar-refractivity contribution in [3.8, 4) is 0 Å². The van der Waals surface area contributed by atoms with Crippen LogP contribution < -0.4 is 0 Å². The molecular weight excluding hydrogens is 204 g/mol. The first kappa shape index (κ1) is 16.2. The molecule has 0 bridgehead atoms. The molecule has 0 spiro atoms. The van der Waals surface area contributed by atoms with Crippen LogP contribution in [-0.2, 0) is 0 Å². The zero-order chi connectivity index (χ0) is 13.7. The van der Waals surface area contributed by atoms with E-state index < -0.39 is 0 Å². The van der Waals surface area contributed by atoms with Gasteiger partial charge < -0.3 is 0 Å². The third-order valence-electron chi connectivity index (χ3n) is 2.78. The molecule has 0 nitrogen and oxygen atoms in total. The van der Waals surface area contributed by atoms with Crippen LogP contribution >= 0.6 is 0 Å². The maximum absolute atomic E-state index is 3.84. The second kappa shape index (κ2) is 6.23. The SMILES string of the molecule is C=C/C=C(\C(=C/CC(C)(C)C)CC)C(C)(C)C. The molecule has 0 heterocycles. The monoisotopic (exact) mass is 234 g/mol. The summed E-state index contributed by atoms with van der Waals surface area (Å²) < 4.78 is 0. The van der Waals surface area contributed by atoms with Crippen LogP contribution in [0.5, 0.6) is 0 Å². The number of rotatable bonds is 4. The fraction of sp³-hybridized carbons (Fsp3) is 0.647. The first-order chi connectivity index (χ1) is 7.61. The minimum Gasteiger partial charge on any atom is -0.0991 e. The minimum absolute atomic E-state index is 0.188. The van der Waals surface area contributed by atoms with Crippen molar-refractivity contribution in [1.82, 2.24) is 0 Å². The van der Waals surface area contributed by atoms with Gasteiger partial charge in [0.1, 0.15) is 0 Å². The van der Waals surface area contributed by atoms with Crippen molar-refractivity contribution in [2.24, 2.45) is 10.8 Å². The molecular formula is C17H30. The smallest absolute Gasteiger partial charge is 0.0129 e. The fourth-order valence-electron chi connectivity index (χ4n) is 1.83. The highest BCUT2D eigenvalue weighted by molar-refractivity contribution is 5.37. The van der Waals surface area contributed by atoms with E-state index >= 15 is 0 Å². The molecule has 0 unspecified atom stereocenters. The third kappa shape index (κ3) is 6.51. The normalized spacial score (nSPS) is 15.0. The molecule has 0 aromatic rings. The van der Waals surface area contributed by atoms with E-state index in [1.807, 2.05) is 6.08 Å². The van der Waals surface area contributed by atoms with Crippen LogP contribution in [0.25, 0.3) is 0 Å². The van der Waals surface area contributed by atoms with Crippen molar-refractivity contribution < 1.29 is 0 Å². The van der Waals surface area contributed by atoms with Gasteiger partial charge in [0.2, 0.25) is 0 Å². The molecule has 0 heteroatoms. The highest BCUT2D eigenvalue weighted by atomic mass is 14.2. The topological polar surface area (TPSA) is 0 Å². The molecule has 0 atom stereocenters. The molecule has 98 valence electrons. The van der Waals surface area contributed by atoms with Gasteiger partial charge in [-0.05, 0) is 34.8 Å². The molecule has 0 aromatic carbocycles. The van der Waals surface area contributed by atoms with Gasteiger partial charge in [0.25, 0.3) is 0 Å². The van der Waals surface area contributed by atoms with Crippen LogP contribution in [0.15, 0.2) is 36.0 Å². The van der Waals surface area contributed by atoms with Crippen LogP contribution in [0, 0.1) is 10.8 Å². The van der Waals surface area contributed by atoms with E-state index in [0.717, 1.165) is 12.8 Å². The summed E-state index contributed by atoms with van der Waals surface area (Å²) >= 11 is 0. The van der Waals surface area contributed by atoms with Crippen molar-refractivity contribution in [3.63, 3.8) is 0 Å². The molecule has 0 saturated heterocycles. The van der Waals surface area contributed by atoms with E-state index in [4.69, 9.17) is 0 Å². The van der Waals surface area contributed by atoms with Gasteiger partial charge in [-0.15, -0.1) is 0 Å². The molecule has 0 aliphatic heterocycles. The second-order valence-electron chi connectivity index (χ2n) is 6.91. The molecule has 0 amide bonds. The van der Waals surface area contributed by atoms with Crippen LogP contribution in [0.2, 0.25) is 0 Å². The van der Waals surface area contributed by atoms with Crippen molar-refractivity contribution >= 4 is 0 Å². The Kier molecular flexibility index (Phi) is 5.95. The zero-order valence-corrected chi connectivity index (χ0v) is 12.9. The fourth-order valence-corrected chi connectivity index (χ4v) is 1.83. The van der Waals surface area contributed by atoms with Crippen LogP contribution in [0.4, 0.5) is 0 Å². The van der Waals surface area contributed by atoms with E-state index in [0.29, 0.717) is 5.41 Å². The highest BCUT2D eigenvalue weighted by Gasteiger charge is 2.19. The Bertz CT molecular complexity index is 300. The number of hydrogen-bond acceptors (Lipinski definition) is 0. The van der Waals surface area contributed by atoms with Crippen molar-refractivity contribution in [3.05, 3.63) is 36.0 Å². The summed E-state index contributed by atoms with van der Waals surface area (Å²) in [6.07, 6.45) is 8.69. The van der Waals surface area contributed by atoms with Gasteiger partial charge in [0.15, 0.2) is 0 Å². The Morgan fingerprint density at radius 3 is 1.88 bits per heavy atom. The largest absolute Gasteiger partial charge is 0.0991 e. The number of hydrogen-bond donors (Lipinski definition) is 0. The van der Waals surface area contributed by atoms with Crippen molar-refractivity contribution in [2.45, 2.75) is 61.3 Å². The van der Waals surface area contributed by atoms with E-state index in [1.165, 1.54) is 11.1 Å². The quantitative estimate of drug-likeness (QED) is 0.530. The summed E-state index contributed by atoms with van der Waals surface area (Å²) in [5, 5.41) is 0. The Balaban J connectivity index is 5.20. The second-order valence-corrected chi connectivity index (χ2v) is 6.91. The maximum atomic E-state index is 3.84. The Morgan fingerprint density at radius 1 is 1.06 bits per heavy atom. The standard InChI is InChI=1S/C17H30/c1-9-11-15(17(6,7)8)14(10-2)12-13-16(3,4)5/h9,11-12H,1,10,13H2,2-8H3/b14-12-,15-11+. The lowest BCUT2D eigenvalue weighted by Crippen LogP contribution is -2.12. The van der Waals surface area contributed by atoms with Crippen LogP contribution in [0.1, 0.15) is 61.3 Å². The van der Waals surface area contributed by atoms with Crippen LogP contribution in [0.3, 0.4) is 0 Å². The molecule has 0 fully saturated rings. The molecule has 0 aliphatic rings. The predicted molar refractivity (Wildman–Crippen MR) is 80.2 cm³/mol. The van der Waals surface area contributed by atoms with E-state index in [-0.39, 0.29) is 5.41 Å². The summed E-state index contributed by atoms with van der Waals surface area (Å²) in [4.78, 5) is 0. The molecule has 0 rings (SSSR count). The number of allylic oxidation sites excluding steroid dienone is 5. The van der Waals surface area contributed by atoms with Gasteiger partial charge in [0.05, 0.1) is 0 Å². The van der Waals surface area contributed by atoms with Gasteiger partial charge in [-0.1, -0.05) is 73.3 Å². The van der Waals surface area contributed by atoms with E-state index in [2.05, 4.69) is 67.2 Å². The average molecular weight is 234 g/mol. The highest BCUT2D eigenvalue weighted by Crippen LogP contribution is 2.34. The Morgan fingerprint density at radius 2 is 1.59 bits per heavy atom. The van der Waals surface area contributed by atoms with Gasteiger partial charge in [-0.3, -0.25) is 0 Å². The van der Waals surface area contributed by atoms with E-state index in [9.17, 15) is 0 Å². The summed E-state index contributed by atoms with van der Waals surface area (Å²) in [5.41, 5.74) is 3.43. The maximum Gasteiger partial charge on any atom is -0.0129 e. The third-order valence-corrected chi connectivity index (χ3v) is 2.78. The summed E-state index contributed by atoms with van der Waals surface area (Å²) in [7, 11) is 0. The summed E-state index contributed by atoms with van der Waals surface area (Å²) in [6.45, 7) is 19.7. The van der Waals surface area contributed by atoms with Crippen molar-refractivity contribution in [1.29, 1.82) is 0 Å². The first-order valence-corrected chi connectivity index (χ1v) is 6.64. The van der Waals surface area contributed by atoms with Crippen molar-refractivity contribution in [2.75, 3.05) is 0 Å². The molecule has 0 aliphatic carbocycles. The summed E-state index contributed by atoms with van der Waals surface area (Å²) in [5.74, 6) is 0. The van der Waals surface area contributed by atoms with E-state index in [1.54, 1.807) is 0 Å². The van der Waals surface area contributed by atoms with Gasteiger partial charge in [0, 0.05) is 0 Å². The lowest BCUT2D eigenvalue weighted by atomic mass is 9.79.